The third kappa shape index (κ3) is 3.39. The first-order chi connectivity index (χ1) is 9.63. The third-order valence-electron chi connectivity index (χ3n) is 2.44. The van der Waals surface area contributed by atoms with E-state index in [4.69, 9.17) is 13.9 Å². The monoisotopic (exact) mass is 339 g/mol. The summed E-state index contributed by atoms with van der Waals surface area (Å²) in [4.78, 5) is 15.9. The first-order valence-corrected chi connectivity index (χ1v) is 7.03. The van der Waals surface area contributed by atoms with Gasteiger partial charge < -0.3 is 13.9 Å². The summed E-state index contributed by atoms with van der Waals surface area (Å²) in [6, 6.07) is 7.17. The van der Waals surface area contributed by atoms with Crippen LogP contribution in [-0.4, -0.2) is 17.6 Å². The van der Waals surface area contributed by atoms with E-state index in [1.807, 2.05) is 19.1 Å². The van der Waals surface area contributed by atoms with Crippen molar-refractivity contribution in [3.05, 3.63) is 40.3 Å². The van der Waals surface area contributed by atoms with E-state index in [1.165, 1.54) is 0 Å². The van der Waals surface area contributed by atoms with Crippen LogP contribution in [0.1, 0.15) is 30.2 Å². The molecule has 1 aromatic heterocycles. The number of benzene rings is 1. The normalized spacial score (nSPS) is 10.3. The molecule has 1 heterocycles. The van der Waals surface area contributed by atoms with Crippen molar-refractivity contribution in [2.75, 3.05) is 6.61 Å². The topological polar surface area (TPSA) is 61.6 Å². The second-order valence-corrected chi connectivity index (χ2v) is 4.79. The lowest BCUT2D eigenvalue weighted by molar-refractivity contribution is 0.0515. The molecular weight excluding hydrogens is 326 g/mol. The molecule has 2 rings (SSSR count). The minimum atomic E-state index is -0.553. The van der Waals surface area contributed by atoms with Crippen LogP contribution < -0.4 is 4.74 Å². The zero-order valence-corrected chi connectivity index (χ0v) is 12.8. The molecule has 1 aromatic carbocycles. The number of carbonyl (C=O) groups excluding carboxylic acids is 1. The van der Waals surface area contributed by atoms with Gasteiger partial charge in [-0.2, -0.15) is 0 Å². The SMILES string of the molecule is CCOC(=O)c1nc(CC)oc1Oc1ccc(Br)cc1. The van der Waals surface area contributed by atoms with Crippen LogP contribution >= 0.6 is 15.9 Å². The van der Waals surface area contributed by atoms with E-state index >= 15 is 0 Å². The summed E-state index contributed by atoms with van der Waals surface area (Å²) >= 11 is 3.34. The highest BCUT2D eigenvalue weighted by atomic mass is 79.9. The predicted octanol–water partition coefficient (Wildman–Crippen LogP) is 3.97. The molecule has 5 nitrogen and oxygen atoms in total. The Balaban J connectivity index is 2.27. The molecule has 0 bridgehead atoms. The molecule has 0 atom stereocenters. The van der Waals surface area contributed by atoms with Gasteiger partial charge >= 0.3 is 11.9 Å². The Morgan fingerprint density at radius 2 is 2.00 bits per heavy atom. The van der Waals surface area contributed by atoms with E-state index in [0.717, 1.165) is 4.47 Å². The van der Waals surface area contributed by atoms with Gasteiger partial charge in [0.05, 0.1) is 6.61 Å². The maximum absolute atomic E-state index is 11.8. The number of oxazole rings is 1. The van der Waals surface area contributed by atoms with Crippen molar-refractivity contribution in [2.24, 2.45) is 0 Å². The predicted molar refractivity (Wildman–Crippen MR) is 76.1 cm³/mol. The number of rotatable bonds is 5. The van der Waals surface area contributed by atoms with Crippen LogP contribution in [0.3, 0.4) is 0 Å². The molecule has 0 aliphatic rings. The van der Waals surface area contributed by atoms with Crippen molar-refractivity contribution < 1.29 is 18.7 Å². The van der Waals surface area contributed by atoms with Crippen molar-refractivity contribution in [3.8, 4) is 11.7 Å². The Kier molecular flexibility index (Phi) is 4.79. The van der Waals surface area contributed by atoms with Gasteiger partial charge in [0.15, 0.2) is 5.89 Å². The van der Waals surface area contributed by atoms with Gasteiger partial charge in [0, 0.05) is 10.9 Å². The van der Waals surface area contributed by atoms with E-state index in [-0.39, 0.29) is 18.2 Å². The molecule has 0 unspecified atom stereocenters. The lowest BCUT2D eigenvalue weighted by Gasteiger charge is -2.03. The number of aryl methyl sites for hydroxylation is 1. The number of hydrogen-bond donors (Lipinski definition) is 0. The van der Waals surface area contributed by atoms with E-state index in [0.29, 0.717) is 18.1 Å². The van der Waals surface area contributed by atoms with E-state index in [9.17, 15) is 4.79 Å². The number of ether oxygens (including phenoxy) is 2. The maximum atomic E-state index is 11.8. The first-order valence-electron chi connectivity index (χ1n) is 6.24. The largest absolute Gasteiger partial charge is 0.461 e. The molecule has 0 fully saturated rings. The summed E-state index contributed by atoms with van der Waals surface area (Å²) in [5, 5.41) is 0. The van der Waals surface area contributed by atoms with Crippen LogP contribution in [-0.2, 0) is 11.2 Å². The molecule has 2 aromatic rings. The van der Waals surface area contributed by atoms with Crippen molar-refractivity contribution in [1.29, 1.82) is 0 Å². The Hall–Kier alpha value is -1.82. The third-order valence-corrected chi connectivity index (χ3v) is 2.96. The van der Waals surface area contributed by atoms with Gasteiger partial charge in [0.1, 0.15) is 5.75 Å². The molecule has 0 saturated heterocycles. The van der Waals surface area contributed by atoms with Crippen LogP contribution in [0.4, 0.5) is 0 Å². The molecular formula is C14H14BrNO4. The number of halogens is 1. The van der Waals surface area contributed by atoms with E-state index in [1.54, 1.807) is 19.1 Å². The lowest BCUT2D eigenvalue weighted by atomic mass is 10.3. The van der Waals surface area contributed by atoms with Crippen molar-refractivity contribution in [1.82, 2.24) is 4.98 Å². The highest BCUT2D eigenvalue weighted by molar-refractivity contribution is 9.10. The van der Waals surface area contributed by atoms with Gasteiger partial charge in [-0.15, -0.1) is 0 Å². The van der Waals surface area contributed by atoms with Crippen molar-refractivity contribution in [2.45, 2.75) is 20.3 Å². The minimum Gasteiger partial charge on any atom is -0.461 e. The fourth-order valence-electron chi connectivity index (χ4n) is 1.51. The average Bonchev–Trinajstić information content (AvgIpc) is 2.85. The number of aromatic nitrogens is 1. The van der Waals surface area contributed by atoms with Gasteiger partial charge in [0.25, 0.3) is 0 Å². The van der Waals surface area contributed by atoms with Gasteiger partial charge in [-0.05, 0) is 31.2 Å². The minimum absolute atomic E-state index is 0.0580. The van der Waals surface area contributed by atoms with Crippen LogP contribution in [0.25, 0.3) is 0 Å². The molecule has 0 spiro atoms. The van der Waals surface area contributed by atoms with Crippen molar-refractivity contribution in [3.63, 3.8) is 0 Å². The Labute approximate surface area is 125 Å². The van der Waals surface area contributed by atoms with Crippen LogP contribution in [0.5, 0.6) is 11.7 Å². The maximum Gasteiger partial charge on any atom is 0.364 e. The standard InChI is InChI=1S/C14H14BrNO4/c1-3-11-16-12(13(17)18-4-2)14(20-11)19-10-7-5-9(15)6-8-10/h5-8H,3-4H2,1-2H3. The van der Waals surface area contributed by atoms with Gasteiger partial charge in [-0.25, -0.2) is 9.78 Å². The molecule has 0 aliphatic heterocycles. The Morgan fingerprint density at radius 3 is 2.60 bits per heavy atom. The molecule has 0 amide bonds. The highest BCUT2D eigenvalue weighted by Gasteiger charge is 2.22. The van der Waals surface area contributed by atoms with Gasteiger partial charge in [-0.1, -0.05) is 22.9 Å². The smallest absolute Gasteiger partial charge is 0.364 e. The van der Waals surface area contributed by atoms with Crippen molar-refractivity contribution >= 4 is 21.9 Å². The van der Waals surface area contributed by atoms with E-state index in [2.05, 4.69) is 20.9 Å². The lowest BCUT2D eigenvalue weighted by Crippen LogP contribution is -2.06. The summed E-state index contributed by atoms with van der Waals surface area (Å²) in [6.07, 6.45) is 0.566. The summed E-state index contributed by atoms with van der Waals surface area (Å²) in [5.41, 5.74) is 0.0617. The summed E-state index contributed by atoms with van der Waals surface area (Å²) in [6.45, 7) is 3.88. The zero-order chi connectivity index (χ0) is 14.5. The molecule has 20 heavy (non-hydrogen) atoms. The summed E-state index contributed by atoms with van der Waals surface area (Å²) in [7, 11) is 0. The Bertz CT molecular complexity index is 592. The van der Waals surface area contributed by atoms with Gasteiger partial charge in [-0.3, -0.25) is 0 Å². The number of hydrogen-bond acceptors (Lipinski definition) is 5. The number of carbonyl (C=O) groups is 1. The summed E-state index contributed by atoms with van der Waals surface area (Å²) in [5.74, 6) is 0.489. The first kappa shape index (κ1) is 14.6. The number of nitrogens with zero attached hydrogens (tertiary/aromatic N) is 1. The molecule has 106 valence electrons. The average molecular weight is 340 g/mol. The molecule has 0 saturated carbocycles. The van der Waals surface area contributed by atoms with Gasteiger partial charge in [0.2, 0.25) is 5.69 Å². The molecule has 6 heteroatoms. The van der Waals surface area contributed by atoms with Crippen LogP contribution in [0.15, 0.2) is 33.2 Å². The molecule has 0 radical (unpaired) electrons. The fraction of sp³-hybridized carbons (Fsp3) is 0.286. The second-order valence-electron chi connectivity index (χ2n) is 3.87. The van der Waals surface area contributed by atoms with E-state index < -0.39 is 5.97 Å². The second kappa shape index (κ2) is 6.56. The zero-order valence-electron chi connectivity index (χ0n) is 11.2. The number of esters is 1. The van der Waals surface area contributed by atoms with Crippen LogP contribution in [0.2, 0.25) is 0 Å². The quantitative estimate of drug-likeness (QED) is 0.771. The highest BCUT2D eigenvalue weighted by Crippen LogP contribution is 2.28. The molecule has 0 aliphatic carbocycles. The van der Waals surface area contributed by atoms with Crippen LogP contribution in [0, 0.1) is 0 Å². The summed E-state index contributed by atoms with van der Waals surface area (Å²) < 4.78 is 16.9. The fourth-order valence-corrected chi connectivity index (χ4v) is 1.77. The Morgan fingerprint density at radius 1 is 1.30 bits per heavy atom. The molecule has 0 N–H and O–H groups in total.